The third-order valence-corrected chi connectivity index (χ3v) is 1.54. The monoisotopic (exact) mass is 219 g/mol. The van der Waals surface area contributed by atoms with Crippen molar-refractivity contribution < 1.29 is 22.6 Å². The van der Waals surface area contributed by atoms with Gasteiger partial charge in [-0.25, -0.2) is 0 Å². The molecule has 0 aliphatic carbocycles. The Morgan fingerprint density at radius 3 is 2.00 bits per heavy atom. The van der Waals surface area contributed by atoms with Crippen LogP contribution in [0.5, 0.6) is 11.5 Å². The summed E-state index contributed by atoms with van der Waals surface area (Å²) in [6.45, 7) is 0. The lowest BCUT2D eigenvalue weighted by atomic mass is 10.3. The van der Waals surface area contributed by atoms with Crippen LogP contribution in [0.3, 0.4) is 0 Å². The van der Waals surface area contributed by atoms with Crippen molar-refractivity contribution in [3.8, 4) is 11.5 Å². The number of hydrogen-bond acceptors (Lipinski definition) is 3. The van der Waals surface area contributed by atoms with Gasteiger partial charge >= 0.3 is 6.18 Å². The van der Waals surface area contributed by atoms with Crippen LogP contribution in [0.2, 0.25) is 0 Å². The normalized spacial score (nSPS) is 10.9. The van der Waals surface area contributed by atoms with Crippen LogP contribution in [-0.4, -0.2) is 19.2 Å². The summed E-state index contributed by atoms with van der Waals surface area (Å²) in [5.41, 5.74) is 0. The van der Waals surface area contributed by atoms with E-state index < -0.39 is 12.1 Å². The number of halogens is 3. The van der Waals surface area contributed by atoms with E-state index in [1.807, 2.05) is 0 Å². The molecule has 0 radical (unpaired) electrons. The van der Waals surface area contributed by atoms with Crippen LogP contribution in [0.4, 0.5) is 13.2 Å². The van der Waals surface area contributed by atoms with E-state index >= 15 is 0 Å². The second-order valence-corrected chi connectivity index (χ2v) is 2.60. The van der Waals surface area contributed by atoms with E-state index in [0.717, 1.165) is 0 Å². The maximum atomic E-state index is 11.9. The Morgan fingerprint density at radius 2 is 1.60 bits per heavy atom. The van der Waals surface area contributed by atoms with Crippen molar-refractivity contribution in [2.24, 2.45) is 0 Å². The quantitative estimate of drug-likeness (QED) is 0.613. The fraction of sp³-hybridized carbons (Fsp3) is 0.222. The number of nitrogens with one attached hydrogen (secondary N) is 1. The zero-order chi connectivity index (χ0) is 11.5. The molecule has 1 aromatic rings. The minimum absolute atomic E-state index is 0.0573. The summed E-state index contributed by atoms with van der Waals surface area (Å²) >= 11 is 0. The molecule has 0 spiro atoms. The van der Waals surface area contributed by atoms with Gasteiger partial charge < -0.3 is 9.47 Å². The van der Waals surface area contributed by atoms with Gasteiger partial charge in [0, 0.05) is 0 Å². The average molecular weight is 219 g/mol. The molecule has 1 N–H and O–H groups in total. The van der Waals surface area contributed by atoms with Gasteiger partial charge in [0.1, 0.15) is 11.5 Å². The Labute approximate surface area is 83.9 Å². The number of alkyl halides is 3. The molecule has 1 aromatic carbocycles. The molecule has 0 aliphatic heterocycles. The lowest BCUT2D eigenvalue weighted by Crippen LogP contribution is -2.27. The van der Waals surface area contributed by atoms with Crippen LogP contribution in [0.1, 0.15) is 0 Å². The van der Waals surface area contributed by atoms with Gasteiger partial charge in [0.25, 0.3) is 5.90 Å². The molecule has 15 heavy (non-hydrogen) atoms. The standard InChI is InChI=1S/C9H8F3NO2/c1-14-6-2-4-7(5-3-6)15-8(13)9(10,11)12/h2-5,13H,1H3. The largest absolute Gasteiger partial charge is 0.497 e. The molecule has 0 saturated heterocycles. The molecule has 0 aliphatic rings. The lowest BCUT2D eigenvalue weighted by Gasteiger charge is -2.09. The number of ether oxygens (including phenoxy) is 2. The van der Waals surface area contributed by atoms with Crippen LogP contribution in [0.15, 0.2) is 24.3 Å². The molecule has 0 fully saturated rings. The Hall–Kier alpha value is -1.72. The maximum absolute atomic E-state index is 11.9. The van der Waals surface area contributed by atoms with Crippen LogP contribution < -0.4 is 9.47 Å². The molecule has 0 bridgehead atoms. The van der Waals surface area contributed by atoms with E-state index in [1.165, 1.54) is 31.4 Å². The van der Waals surface area contributed by atoms with Crippen molar-refractivity contribution in [1.29, 1.82) is 5.41 Å². The fourth-order valence-electron chi connectivity index (χ4n) is 0.819. The van der Waals surface area contributed by atoms with Crippen molar-refractivity contribution in [3.63, 3.8) is 0 Å². The first-order valence-electron chi connectivity index (χ1n) is 3.91. The highest BCUT2D eigenvalue weighted by Gasteiger charge is 2.37. The minimum Gasteiger partial charge on any atom is -0.497 e. The van der Waals surface area contributed by atoms with Gasteiger partial charge in [0.05, 0.1) is 7.11 Å². The SMILES string of the molecule is COc1ccc(OC(=N)C(F)(F)F)cc1. The molecule has 6 heteroatoms. The zero-order valence-electron chi connectivity index (χ0n) is 7.76. The van der Waals surface area contributed by atoms with Crippen LogP contribution in [-0.2, 0) is 0 Å². The van der Waals surface area contributed by atoms with Gasteiger partial charge in [-0.05, 0) is 24.3 Å². The summed E-state index contributed by atoms with van der Waals surface area (Å²) in [6, 6.07) is 5.47. The second kappa shape index (κ2) is 4.20. The van der Waals surface area contributed by atoms with Crippen LogP contribution >= 0.6 is 0 Å². The van der Waals surface area contributed by atoms with E-state index in [2.05, 4.69) is 4.74 Å². The smallest absolute Gasteiger partial charge is 0.468 e. The summed E-state index contributed by atoms with van der Waals surface area (Å²) in [7, 11) is 1.44. The van der Waals surface area contributed by atoms with Crippen molar-refractivity contribution in [2.45, 2.75) is 6.18 Å². The molecule has 0 aromatic heterocycles. The predicted molar refractivity (Wildman–Crippen MR) is 47.4 cm³/mol. The van der Waals surface area contributed by atoms with Crippen molar-refractivity contribution in [3.05, 3.63) is 24.3 Å². The molecule has 0 unspecified atom stereocenters. The highest BCUT2D eigenvalue weighted by atomic mass is 19.4. The molecule has 0 amide bonds. The third kappa shape index (κ3) is 3.16. The number of methoxy groups -OCH3 is 1. The van der Waals surface area contributed by atoms with E-state index in [0.29, 0.717) is 5.75 Å². The predicted octanol–water partition coefficient (Wildman–Crippen LogP) is 2.61. The maximum Gasteiger partial charge on any atom is 0.468 e. The summed E-state index contributed by atoms with van der Waals surface area (Å²) in [4.78, 5) is 0. The fourth-order valence-corrected chi connectivity index (χ4v) is 0.819. The Balaban J connectivity index is 2.70. The van der Waals surface area contributed by atoms with Crippen molar-refractivity contribution >= 4 is 5.90 Å². The molecule has 0 saturated carbocycles. The molecular weight excluding hydrogens is 211 g/mol. The molecule has 82 valence electrons. The number of rotatable bonds is 2. The summed E-state index contributed by atoms with van der Waals surface area (Å²) in [6.07, 6.45) is -4.76. The molecule has 0 heterocycles. The van der Waals surface area contributed by atoms with E-state index in [-0.39, 0.29) is 5.75 Å². The molecule has 0 atom stereocenters. The van der Waals surface area contributed by atoms with E-state index in [9.17, 15) is 13.2 Å². The van der Waals surface area contributed by atoms with Gasteiger partial charge in [-0.1, -0.05) is 0 Å². The van der Waals surface area contributed by atoms with Gasteiger partial charge in [-0.2, -0.15) is 13.2 Å². The third-order valence-electron chi connectivity index (χ3n) is 1.54. The van der Waals surface area contributed by atoms with E-state index in [4.69, 9.17) is 10.1 Å². The first-order valence-corrected chi connectivity index (χ1v) is 3.91. The van der Waals surface area contributed by atoms with Gasteiger partial charge in [0.2, 0.25) is 0 Å². The Kier molecular flexibility index (Phi) is 3.18. The Morgan fingerprint density at radius 1 is 1.13 bits per heavy atom. The minimum atomic E-state index is -4.76. The van der Waals surface area contributed by atoms with Gasteiger partial charge in [0.15, 0.2) is 0 Å². The number of benzene rings is 1. The molecule has 3 nitrogen and oxygen atoms in total. The van der Waals surface area contributed by atoms with Gasteiger partial charge in [-0.15, -0.1) is 0 Å². The Bertz CT molecular complexity index is 345. The second-order valence-electron chi connectivity index (χ2n) is 2.60. The average Bonchev–Trinajstić information content (AvgIpc) is 2.17. The molecular formula is C9H8F3NO2. The topological polar surface area (TPSA) is 42.3 Å². The molecule has 1 rings (SSSR count). The summed E-state index contributed by atoms with van der Waals surface area (Å²) < 4.78 is 44.8. The highest BCUT2D eigenvalue weighted by molar-refractivity contribution is 5.80. The van der Waals surface area contributed by atoms with Crippen molar-refractivity contribution in [2.75, 3.05) is 7.11 Å². The lowest BCUT2D eigenvalue weighted by molar-refractivity contribution is -0.0719. The summed E-state index contributed by atoms with van der Waals surface area (Å²) in [5.74, 6) is -1.30. The van der Waals surface area contributed by atoms with Crippen LogP contribution in [0.25, 0.3) is 0 Å². The number of hydrogen-bond donors (Lipinski definition) is 1. The van der Waals surface area contributed by atoms with E-state index in [1.54, 1.807) is 0 Å². The summed E-state index contributed by atoms with van der Waals surface area (Å²) in [5, 5.41) is 6.60. The first-order chi connectivity index (χ1) is 6.93. The first kappa shape index (κ1) is 11.4. The van der Waals surface area contributed by atoms with Crippen molar-refractivity contribution in [1.82, 2.24) is 0 Å². The van der Waals surface area contributed by atoms with Crippen LogP contribution in [0, 0.1) is 5.41 Å². The van der Waals surface area contributed by atoms with Gasteiger partial charge in [-0.3, -0.25) is 5.41 Å². The highest BCUT2D eigenvalue weighted by Crippen LogP contribution is 2.22. The zero-order valence-corrected chi connectivity index (χ0v) is 7.76.